The molecule has 1 saturated heterocycles. The molecule has 1 aliphatic rings. The van der Waals surface area contributed by atoms with Crippen molar-refractivity contribution in [2.45, 2.75) is 12.2 Å². The number of aromatic nitrogens is 3. The average Bonchev–Trinajstić information content (AvgIpc) is 3.13. The molecule has 2 aromatic heterocycles. The van der Waals surface area contributed by atoms with Gasteiger partial charge in [0.05, 0.1) is 24.5 Å². The van der Waals surface area contributed by atoms with Crippen LogP contribution in [0.1, 0.15) is 0 Å². The molecule has 6 nitrogen and oxygen atoms in total. The van der Waals surface area contributed by atoms with Crippen LogP contribution in [0.5, 0.6) is 5.75 Å². The molecule has 0 spiro atoms. The number of rotatable bonds is 3. The number of β-amino-alcohol motifs (C(OH)–C–C–N with tert-alkyl or cyclic N) is 1. The smallest absolute Gasteiger partial charge is 0.157 e. The molecule has 0 aliphatic carbocycles. The molecule has 1 aliphatic heterocycles. The zero-order valence-corrected chi connectivity index (χ0v) is 12.8. The molecule has 2 atom stereocenters. The van der Waals surface area contributed by atoms with Crippen molar-refractivity contribution < 1.29 is 9.84 Å². The fraction of sp³-hybridized carbons (Fsp3) is 0.294. The third kappa shape index (κ3) is 2.61. The predicted molar refractivity (Wildman–Crippen MR) is 87.6 cm³/mol. The molecule has 3 aromatic rings. The van der Waals surface area contributed by atoms with Crippen LogP contribution in [-0.2, 0) is 7.05 Å². The van der Waals surface area contributed by atoms with Crippen molar-refractivity contribution >= 4 is 16.6 Å². The average molecular weight is 310 g/mol. The number of anilines is 1. The first-order valence-electron chi connectivity index (χ1n) is 7.63. The molecule has 0 radical (unpaired) electrons. The van der Waals surface area contributed by atoms with Gasteiger partial charge in [0.25, 0.3) is 0 Å². The van der Waals surface area contributed by atoms with Crippen molar-refractivity contribution in [3.05, 3.63) is 48.9 Å². The van der Waals surface area contributed by atoms with Crippen molar-refractivity contribution in [3.63, 3.8) is 0 Å². The number of ether oxygens (including phenoxy) is 1. The standard InChI is InChI=1S/C17H18N4O2/c1-20-9-12(8-19-20)23-17-11-21(10-16(17)22)15-6-7-18-14-5-3-2-4-13(14)15/h2-9,16-17,22H,10-11H2,1H3/t16-,17-/m1/s1. The quantitative estimate of drug-likeness (QED) is 0.796. The maximum Gasteiger partial charge on any atom is 0.157 e. The predicted octanol–water partition coefficient (Wildman–Crippen LogP) is 1.60. The minimum Gasteiger partial charge on any atom is -0.482 e. The van der Waals surface area contributed by atoms with Crippen molar-refractivity contribution in [3.8, 4) is 5.75 Å². The van der Waals surface area contributed by atoms with E-state index in [-0.39, 0.29) is 6.10 Å². The fourth-order valence-corrected chi connectivity index (χ4v) is 3.06. The number of hydrogen-bond donors (Lipinski definition) is 1. The lowest BCUT2D eigenvalue weighted by Crippen LogP contribution is -2.29. The molecule has 23 heavy (non-hydrogen) atoms. The molecule has 6 heteroatoms. The highest BCUT2D eigenvalue weighted by Gasteiger charge is 2.34. The summed E-state index contributed by atoms with van der Waals surface area (Å²) in [4.78, 5) is 6.54. The summed E-state index contributed by atoms with van der Waals surface area (Å²) >= 11 is 0. The monoisotopic (exact) mass is 310 g/mol. The molecular weight excluding hydrogens is 292 g/mol. The third-order valence-corrected chi connectivity index (χ3v) is 4.17. The fourth-order valence-electron chi connectivity index (χ4n) is 3.06. The molecule has 4 rings (SSSR count). The van der Waals surface area contributed by atoms with E-state index < -0.39 is 6.10 Å². The van der Waals surface area contributed by atoms with Crippen LogP contribution in [0.25, 0.3) is 10.9 Å². The van der Waals surface area contributed by atoms with Crippen molar-refractivity contribution in [1.82, 2.24) is 14.8 Å². The molecule has 0 saturated carbocycles. The van der Waals surface area contributed by atoms with E-state index in [9.17, 15) is 5.11 Å². The Kier molecular flexibility index (Phi) is 3.38. The van der Waals surface area contributed by atoms with Crippen molar-refractivity contribution in [2.24, 2.45) is 7.05 Å². The number of aliphatic hydroxyl groups excluding tert-OH is 1. The molecule has 1 aromatic carbocycles. The van der Waals surface area contributed by atoms with E-state index in [4.69, 9.17) is 4.74 Å². The van der Waals surface area contributed by atoms with Gasteiger partial charge in [-0.25, -0.2) is 0 Å². The summed E-state index contributed by atoms with van der Waals surface area (Å²) in [6.07, 6.45) is 4.46. The van der Waals surface area contributed by atoms with E-state index in [0.29, 0.717) is 18.8 Å². The maximum atomic E-state index is 10.4. The van der Waals surface area contributed by atoms with E-state index in [1.807, 2.05) is 31.3 Å². The number of benzene rings is 1. The van der Waals surface area contributed by atoms with Crippen LogP contribution in [0.15, 0.2) is 48.9 Å². The Morgan fingerprint density at radius 2 is 2.09 bits per heavy atom. The number of para-hydroxylation sites is 1. The van der Waals surface area contributed by atoms with Gasteiger partial charge in [0.2, 0.25) is 0 Å². The van der Waals surface area contributed by atoms with Crippen LogP contribution in [0.3, 0.4) is 0 Å². The molecule has 0 unspecified atom stereocenters. The van der Waals surface area contributed by atoms with Crippen molar-refractivity contribution in [1.29, 1.82) is 0 Å². The van der Waals surface area contributed by atoms with Crippen molar-refractivity contribution in [2.75, 3.05) is 18.0 Å². The zero-order valence-electron chi connectivity index (χ0n) is 12.8. The Morgan fingerprint density at radius 1 is 1.22 bits per heavy atom. The van der Waals surface area contributed by atoms with Gasteiger partial charge in [0.1, 0.15) is 12.2 Å². The van der Waals surface area contributed by atoms with Gasteiger partial charge < -0.3 is 14.7 Å². The van der Waals surface area contributed by atoms with E-state index in [2.05, 4.69) is 21.0 Å². The number of pyridine rings is 1. The van der Waals surface area contributed by atoms with E-state index in [0.717, 1.165) is 16.6 Å². The normalized spacial score (nSPS) is 21.0. The van der Waals surface area contributed by atoms with Crippen LogP contribution in [0.2, 0.25) is 0 Å². The lowest BCUT2D eigenvalue weighted by Gasteiger charge is -2.20. The number of hydrogen-bond acceptors (Lipinski definition) is 5. The summed E-state index contributed by atoms with van der Waals surface area (Å²) in [7, 11) is 1.84. The lowest BCUT2D eigenvalue weighted by molar-refractivity contribution is 0.0737. The van der Waals surface area contributed by atoms with Gasteiger partial charge in [0.15, 0.2) is 5.75 Å². The number of aryl methyl sites for hydroxylation is 1. The van der Waals surface area contributed by atoms with Crippen LogP contribution in [-0.4, -0.2) is 45.2 Å². The molecular formula is C17H18N4O2. The Morgan fingerprint density at radius 3 is 2.91 bits per heavy atom. The molecule has 0 bridgehead atoms. The van der Waals surface area contributed by atoms with Gasteiger partial charge >= 0.3 is 0 Å². The highest BCUT2D eigenvalue weighted by atomic mass is 16.5. The molecule has 0 amide bonds. The summed E-state index contributed by atoms with van der Waals surface area (Å²) < 4.78 is 7.57. The molecule has 1 N–H and O–H groups in total. The maximum absolute atomic E-state index is 10.4. The van der Waals surface area contributed by atoms with Gasteiger partial charge in [-0.05, 0) is 12.1 Å². The largest absolute Gasteiger partial charge is 0.482 e. The topological polar surface area (TPSA) is 63.4 Å². The minimum atomic E-state index is -0.540. The van der Waals surface area contributed by atoms with E-state index in [1.165, 1.54) is 0 Å². The first kappa shape index (κ1) is 14.0. The van der Waals surface area contributed by atoms with Gasteiger partial charge in [-0.2, -0.15) is 5.10 Å². The Balaban J connectivity index is 1.58. The summed E-state index contributed by atoms with van der Waals surface area (Å²) in [5.74, 6) is 0.679. The first-order chi connectivity index (χ1) is 11.2. The van der Waals surface area contributed by atoms with Crippen LogP contribution < -0.4 is 9.64 Å². The Hall–Kier alpha value is -2.60. The van der Waals surface area contributed by atoms with Crippen LogP contribution in [0.4, 0.5) is 5.69 Å². The van der Waals surface area contributed by atoms with Gasteiger partial charge in [-0.3, -0.25) is 9.67 Å². The second-order valence-electron chi connectivity index (χ2n) is 5.83. The van der Waals surface area contributed by atoms with Crippen LogP contribution in [0, 0.1) is 0 Å². The number of nitrogens with zero attached hydrogens (tertiary/aromatic N) is 4. The minimum absolute atomic E-state index is 0.272. The first-order valence-corrected chi connectivity index (χ1v) is 7.63. The second-order valence-corrected chi connectivity index (χ2v) is 5.83. The van der Waals surface area contributed by atoms with E-state index >= 15 is 0 Å². The molecule has 1 fully saturated rings. The summed E-state index contributed by atoms with van der Waals surface area (Å²) in [6.45, 7) is 1.17. The highest BCUT2D eigenvalue weighted by molar-refractivity contribution is 5.91. The van der Waals surface area contributed by atoms with Gasteiger partial charge in [-0.15, -0.1) is 0 Å². The van der Waals surface area contributed by atoms with E-state index in [1.54, 1.807) is 23.3 Å². The summed E-state index contributed by atoms with van der Waals surface area (Å²) in [5, 5.41) is 15.5. The van der Waals surface area contributed by atoms with Crippen LogP contribution >= 0.6 is 0 Å². The Bertz CT molecular complexity index is 827. The summed E-state index contributed by atoms with van der Waals surface area (Å²) in [6, 6.07) is 10.0. The molecule has 3 heterocycles. The highest BCUT2D eigenvalue weighted by Crippen LogP contribution is 2.29. The lowest BCUT2D eigenvalue weighted by atomic mass is 10.2. The van der Waals surface area contributed by atoms with Gasteiger partial charge in [0, 0.05) is 30.9 Å². The molecule has 118 valence electrons. The third-order valence-electron chi connectivity index (χ3n) is 4.17. The van der Waals surface area contributed by atoms with Gasteiger partial charge in [-0.1, -0.05) is 18.2 Å². The number of fused-ring (bicyclic) bond motifs is 1. The Labute approximate surface area is 133 Å². The zero-order chi connectivity index (χ0) is 15.8. The second kappa shape index (κ2) is 5.55. The number of aliphatic hydroxyl groups is 1. The SMILES string of the molecule is Cn1cc(O[C@@H]2CN(c3ccnc4ccccc34)C[C@H]2O)cn1. The summed E-state index contributed by atoms with van der Waals surface area (Å²) in [5.41, 5.74) is 2.03.